The van der Waals surface area contributed by atoms with Crippen molar-refractivity contribution in [3.8, 4) is 5.75 Å². The van der Waals surface area contributed by atoms with Crippen LogP contribution in [0.25, 0.3) is 0 Å². The Kier molecular flexibility index (Phi) is 5.99. The number of methoxy groups -OCH3 is 1. The molecule has 3 aliphatic rings. The van der Waals surface area contributed by atoms with Crippen LogP contribution >= 0.6 is 11.6 Å². The molecular formula is C21H27ClN2O5. The molecule has 1 amide bonds. The molecule has 0 aromatic heterocycles. The van der Waals surface area contributed by atoms with E-state index >= 15 is 0 Å². The van der Waals surface area contributed by atoms with E-state index < -0.39 is 5.41 Å². The minimum absolute atomic E-state index is 0.0702. The van der Waals surface area contributed by atoms with Crippen molar-refractivity contribution in [2.75, 3.05) is 53.0 Å². The summed E-state index contributed by atoms with van der Waals surface area (Å²) in [6.07, 6.45) is 1.93. The van der Waals surface area contributed by atoms with Crippen LogP contribution in [0.15, 0.2) is 18.2 Å². The van der Waals surface area contributed by atoms with Crippen molar-refractivity contribution in [2.45, 2.75) is 25.4 Å². The zero-order valence-electron chi connectivity index (χ0n) is 16.7. The first-order valence-electron chi connectivity index (χ1n) is 10.1. The molecule has 0 N–H and O–H groups in total. The zero-order valence-corrected chi connectivity index (χ0v) is 17.5. The molecule has 3 saturated heterocycles. The van der Waals surface area contributed by atoms with E-state index in [-0.39, 0.29) is 18.0 Å². The lowest BCUT2D eigenvalue weighted by Gasteiger charge is -2.36. The van der Waals surface area contributed by atoms with Crippen LogP contribution in [0.1, 0.15) is 29.6 Å². The van der Waals surface area contributed by atoms with Gasteiger partial charge in [-0.1, -0.05) is 11.6 Å². The van der Waals surface area contributed by atoms with Crippen LogP contribution in [0.2, 0.25) is 5.02 Å². The Labute approximate surface area is 175 Å². The fraction of sp³-hybridized carbons (Fsp3) is 0.619. The van der Waals surface area contributed by atoms with Gasteiger partial charge < -0.3 is 19.1 Å². The second kappa shape index (κ2) is 8.50. The summed E-state index contributed by atoms with van der Waals surface area (Å²) < 4.78 is 16.4. The van der Waals surface area contributed by atoms with Crippen LogP contribution in [-0.4, -0.2) is 80.8 Å². The summed E-state index contributed by atoms with van der Waals surface area (Å²) in [5, 5.41) is 0.524. The van der Waals surface area contributed by atoms with Gasteiger partial charge in [-0.25, -0.2) is 0 Å². The number of carbonyl (C=O) groups is 2. The first kappa shape index (κ1) is 20.4. The molecule has 3 fully saturated rings. The van der Waals surface area contributed by atoms with E-state index in [1.54, 1.807) is 23.1 Å². The van der Waals surface area contributed by atoms with Crippen molar-refractivity contribution in [2.24, 2.45) is 5.41 Å². The third kappa shape index (κ3) is 4.22. The molecule has 29 heavy (non-hydrogen) atoms. The van der Waals surface area contributed by atoms with Gasteiger partial charge in [0.15, 0.2) is 0 Å². The van der Waals surface area contributed by atoms with E-state index in [0.29, 0.717) is 42.3 Å². The Hall–Kier alpha value is -1.83. The third-order valence-electron chi connectivity index (χ3n) is 6.29. The first-order valence-corrected chi connectivity index (χ1v) is 10.5. The molecule has 8 heteroatoms. The SMILES string of the molecule is COc1cc(Cl)ccc1C(=O)N1CCC2(CC1)CC(CN1CCOCC1)OC2=O. The Morgan fingerprint density at radius 3 is 2.66 bits per heavy atom. The molecule has 3 aliphatic heterocycles. The third-order valence-corrected chi connectivity index (χ3v) is 6.53. The number of amides is 1. The van der Waals surface area contributed by atoms with E-state index in [2.05, 4.69) is 4.90 Å². The summed E-state index contributed by atoms with van der Waals surface area (Å²) in [6, 6.07) is 5.02. The standard InChI is InChI=1S/C21H27ClN2O5/c1-27-18-12-15(22)2-3-17(18)19(25)24-6-4-21(5-7-24)13-16(29-20(21)26)14-23-8-10-28-11-9-23/h2-3,12,16H,4-11,13-14H2,1H3. The van der Waals surface area contributed by atoms with E-state index in [4.69, 9.17) is 25.8 Å². The van der Waals surface area contributed by atoms with Crippen molar-refractivity contribution < 1.29 is 23.8 Å². The molecule has 7 nitrogen and oxygen atoms in total. The van der Waals surface area contributed by atoms with E-state index in [1.165, 1.54) is 7.11 Å². The summed E-state index contributed by atoms with van der Waals surface area (Å²) in [7, 11) is 1.52. The molecular weight excluding hydrogens is 396 g/mol. The van der Waals surface area contributed by atoms with Gasteiger partial charge in [-0.05, 0) is 31.0 Å². The zero-order chi connectivity index (χ0) is 20.4. The number of halogens is 1. The highest BCUT2D eigenvalue weighted by atomic mass is 35.5. The predicted octanol–water partition coefficient (Wildman–Crippen LogP) is 2.22. The van der Waals surface area contributed by atoms with Crippen molar-refractivity contribution in [3.05, 3.63) is 28.8 Å². The van der Waals surface area contributed by atoms with Gasteiger partial charge in [0, 0.05) is 44.2 Å². The molecule has 1 unspecified atom stereocenters. The van der Waals surface area contributed by atoms with Crippen LogP contribution < -0.4 is 4.74 Å². The van der Waals surface area contributed by atoms with Gasteiger partial charge >= 0.3 is 5.97 Å². The van der Waals surface area contributed by atoms with Crippen LogP contribution in [0.5, 0.6) is 5.75 Å². The van der Waals surface area contributed by atoms with Crippen LogP contribution in [-0.2, 0) is 14.3 Å². The number of nitrogens with zero attached hydrogens (tertiary/aromatic N) is 2. The molecule has 0 bridgehead atoms. The van der Waals surface area contributed by atoms with Gasteiger partial charge in [0.1, 0.15) is 11.9 Å². The van der Waals surface area contributed by atoms with Gasteiger partial charge in [-0.3, -0.25) is 14.5 Å². The van der Waals surface area contributed by atoms with E-state index in [1.807, 2.05) is 0 Å². The largest absolute Gasteiger partial charge is 0.496 e. The van der Waals surface area contributed by atoms with Gasteiger partial charge in [0.25, 0.3) is 5.91 Å². The Balaban J connectivity index is 1.37. The fourth-order valence-electron chi connectivity index (χ4n) is 4.57. The number of rotatable bonds is 4. The topological polar surface area (TPSA) is 68.3 Å². The number of likely N-dealkylation sites (tertiary alicyclic amines) is 1. The fourth-order valence-corrected chi connectivity index (χ4v) is 4.73. The number of cyclic esters (lactones) is 1. The van der Waals surface area contributed by atoms with Crippen LogP contribution in [0.4, 0.5) is 0 Å². The van der Waals surface area contributed by atoms with Gasteiger partial charge in [0.2, 0.25) is 0 Å². The number of benzene rings is 1. The molecule has 0 saturated carbocycles. The molecule has 1 atom stereocenters. The molecule has 158 valence electrons. The van der Waals surface area contributed by atoms with E-state index in [9.17, 15) is 9.59 Å². The van der Waals surface area contributed by atoms with Crippen molar-refractivity contribution in [1.82, 2.24) is 9.80 Å². The van der Waals surface area contributed by atoms with Crippen molar-refractivity contribution >= 4 is 23.5 Å². The van der Waals surface area contributed by atoms with Crippen LogP contribution in [0, 0.1) is 5.41 Å². The quantitative estimate of drug-likeness (QED) is 0.693. The number of ether oxygens (including phenoxy) is 3. The second-order valence-corrected chi connectivity index (χ2v) is 8.50. The number of hydrogen-bond donors (Lipinski definition) is 0. The lowest BCUT2D eigenvalue weighted by molar-refractivity contribution is -0.151. The number of carbonyl (C=O) groups excluding carboxylic acids is 2. The molecule has 1 aromatic carbocycles. The number of piperidine rings is 1. The Morgan fingerprint density at radius 1 is 1.24 bits per heavy atom. The smallest absolute Gasteiger partial charge is 0.312 e. The van der Waals surface area contributed by atoms with Gasteiger partial charge in [-0.15, -0.1) is 0 Å². The van der Waals surface area contributed by atoms with Crippen molar-refractivity contribution in [3.63, 3.8) is 0 Å². The lowest BCUT2D eigenvalue weighted by atomic mass is 9.76. The maximum atomic E-state index is 13.0. The minimum atomic E-state index is -0.461. The highest BCUT2D eigenvalue weighted by molar-refractivity contribution is 6.30. The van der Waals surface area contributed by atoms with Crippen LogP contribution in [0.3, 0.4) is 0 Å². The summed E-state index contributed by atoms with van der Waals surface area (Å²) in [6.45, 7) is 5.06. The summed E-state index contributed by atoms with van der Waals surface area (Å²) >= 11 is 6.00. The second-order valence-electron chi connectivity index (χ2n) is 8.06. The average Bonchev–Trinajstić information content (AvgIpc) is 3.03. The summed E-state index contributed by atoms with van der Waals surface area (Å²) in [5.74, 6) is 0.269. The van der Waals surface area contributed by atoms with Gasteiger partial charge in [0.05, 0.1) is 31.3 Å². The highest BCUT2D eigenvalue weighted by Gasteiger charge is 2.51. The highest BCUT2D eigenvalue weighted by Crippen LogP contribution is 2.43. The normalized spacial score (nSPS) is 24.6. The summed E-state index contributed by atoms with van der Waals surface area (Å²) in [5.41, 5.74) is 0.0321. The molecule has 0 aliphatic carbocycles. The molecule has 0 radical (unpaired) electrons. The summed E-state index contributed by atoms with van der Waals surface area (Å²) in [4.78, 5) is 29.7. The van der Waals surface area contributed by atoms with E-state index in [0.717, 1.165) is 39.3 Å². The number of morpholine rings is 1. The number of hydrogen-bond acceptors (Lipinski definition) is 6. The predicted molar refractivity (Wildman–Crippen MR) is 107 cm³/mol. The molecule has 4 rings (SSSR count). The maximum Gasteiger partial charge on any atom is 0.312 e. The van der Waals surface area contributed by atoms with Gasteiger partial charge in [-0.2, -0.15) is 0 Å². The average molecular weight is 423 g/mol. The monoisotopic (exact) mass is 422 g/mol. The van der Waals surface area contributed by atoms with Crippen molar-refractivity contribution in [1.29, 1.82) is 0 Å². The molecule has 1 aromatic rings. The Morgan fingerprint density at radius 2 is 1.97 bits per heavy atom. The maximum absolute atomic E-state index is 13.0. The minimum Gasteiger partial charge on any atom is -0.496 e. The molecule has 3 heterocycles. The lowest BCUT2D eigenvalue weighted by Crippen LogP contribution is -2.45. The molecule has 1 spiro atoms. The first-order chi connectivity index (χ1) is 14.0. The number of esters is 1. The Bertz CT molecular complexity index is 772.